The highest BCUT2D eigenvalue weighted by molar-refractivity contribution is 5.98. The van der Waals surface area contributed by atoms with Gasteiger partial charge in [-0.25, -0.2) is 14.4 Å². The monoisotopic (exact) mass is 258 g/mol. The van der Waals surface area contributed by atoms with Crippen LogP contribution >= 0.6 is 0 Å². The van der Waals surface area contributed by atoms with Gasteiger partial charge in [0.2, 0.25) is 0 Å². The first-order valence-electron chi connectivity index (χ1n) is 4.03. The molecule has 1 heterocycles. The maximum atomic E-state index is 10.8. The van der Waals surface area contributed by atoms with Crippen LogP contribution in [0, 0.1) is 0 Å². The Kier molecular flexibility index (Phi) is 3.17. The molecule has 0 aliphatic heterocycles. The number of hydrogen-bond donors (Lipinski definition) is 4. The van der Waals surface area contributed by atoms with Crippen molar-refractivity contribution < 1.29 is 44.2 Å². The van der Waals surface area contributed by atoms with Gasteiger partial charge in [-0.1, -0.05) is 0 Å². The van der Waals surface area contributed by atoms with Crippen LogP contribution < -0.4 is 4.57 Å². The van der Waals surface area contributed by atoms with E-state index >= 15 is 0 Å². The second kappa shape index (κ2) is 4.40. The van der Waals surface area contributed by atoms with Crippen molar-refractivity contribution >= 4 is 24.0 Å². The number of rotatable bonds is 3. The molecule has 1 aromatic rings. The average Bonchev–Trinajstić information content (AvgIpc) is 2.26. The molecule has 94 valence electrons. The SMILES string of the molecule is O=C(O)c1nnc(C(=O)O)[n+](C(=O)O)c1C(=O)O. The molecule has 0 fully saturated rings. The summed E-state index contributed by atoms with van der Waals surface area (Å²) in [7, 11) is 0. The summed E-state index contributed by atoms with van der Waals surface area (Å²) in [6.45, 7) is 0. The van der Waals surface area contributed by atoms with E-state index < -0.39 is 41.2 Å². The van der Waals surface area contributed by atoms with Crippen molar-refractivity contribution in [2.24, 2.45) is 0 Å². The highest BCUT2D eigenvalue weighted by Crippen LogP contribution is 2.01. The number of nitrogens with zero attached hydrogens (tertiary/aromatic N) is 3. The zero-order chi connectivity index (χ0) is 14.0. The summed E-state index contributed by atoms with van der Waals surface area (Å²) in [4.78, 5) is 42.9. The molecule has 0 bridgehead atoms. The molecule has 0 atom stereocenters. The van der Waals surface area contributed by atoms with Crippen LogP contribution in [-0.2, 0) is 0 Å². The van der Waals surface area contributed by atoms with E-state index in [0.29, 0.717) is 0 Å². The minimum absolute atomic E-state index is 0.277. The maximum Gasteiger partial charge on any atom is 0.510 e. The molecule has 11 nitrogen and oxygen atoms in total. The van der Waals surface area contributed by atoms with Crippen molar-refractivity contribution in [3.63, 3.8) is 0 Å². The molecule has 0 saturated carbocycles. The van der Waals surface area contributed by atoms with Crippen molar-refractivity contribution in [2.75, 3.05) is 0 Å². The predicted octanol–water partition coefficient (Wildman–Crippen LogP) is -1.62. The number of hydrogen-bond acceptors (Lipinski definition) is 6. The molecule has 0 saturated heterocycles. The van der Waals surface area contributed by atoms with Crippen molar-refractivity contribution in [1.29, 1.82) is 0 Å². The lowest BCUT2D eigenvalue weighted by molar-refractivity contribution is -0.594. The molecule has 0 radical (unpaired) electrons. The Labute approximate surface area is 96.6 Å². The minimum Gasteiger partial charge on any atom is -0.476 e. The van der Waals surface area contributed by atoms with E-state index in [0.717, 1.165) is 0 Å². The number of aromatic carboxylic acids is 3. The van der Waals surface area contributed by atoms with Gasteiger partial charge in [0.15, 0.2) is 0 Å². The quantitative estimate of drug-likeness (QED) is 0.460. The van der Waals surface area contributed by atoms with Gasteiger partial charge in [-0.2, -0.15) is 4.79 Å². The third kappa shape index (κ3) is 2.04. The fourth-order valence-corrected chi connectivity index (χ4v) is 1.07. The molecule has 0 aliphatic rings. The molecule has 1 aromatic heterocycles. The standard InChI is InChI=1S/C7H3N3O8/c11-4(12)1-2(5(13)14)10(7(17)18)3(6(15)16)9-8-1/h(H3-,11,12,13,14,15,16,17,18)/p+1. The van der Waals surface area contributed by atoms with Gasteiger partial charge in [-0.05, 0) is 5.10 Å². The molecule has 0 unspecified atom stereocenters. The summed E-state index contributed by atoms with van der Waals surface area (Å²) in [5.41, 5.74) is -2.50. The molecular formula is C7H4N3O8+. The molecule has 4 N–H and O–H groups in total. The number of carboxylic acid groups (broad SMARTS) is 4. The predicted molar refractivity (Wildman–Crippen MR) is 46.5 cm³/mol. The molecular weight excluding hydrogens is 254 g/mol. The van der Waals surface area contributed by atoms with Gasteiger partial charge in [0.05, 0.1) is 5.10 Å². The number of carboxylic acids is 3. The van der Waals surface area contributed by atoms with Crippen LogP contribution in [0.3, 0.4) is 0 Å². The Balaban J connectivity index is 3.82. The third-order valence-electron chi connectivity index (χ3n) is 1.69. The Hall–Kier alpha value is -3.11. The third-order valence-corrected chi connectivity index (χ3v) is 1.69. The summed E-state index contributed by atoms with van der Waals surface area (Å²) in [6.07, 6.45) is -2.01. The van der Waals surface area contributed by atoms with Crippen LogP contribution in [0.4, 0.5) is 4.79 Å². The average molecular weight is 258 g/mol. The van der Waals surface area contributed by atoms with E-state index in [4.69, 9.17) is 20.4 Å². The van der Waals surface area contributed by atoms with Crippen LogP contribution in [0.2, 0.25) is 0 Å². The lowest BCUT2D eigenvalue weighted by Crippen LogP contribution is -2.54. The van der Waals surface area contributed by atoms with Crippen LogP contribution in [0.25, 0.3) is 0 Å². The molecule has 0 aromatic carbocycles. The van der Waals surface area contributed by atoms with E-state index in [2.05, 4.69) is 10.2 Å². The van der Waals surface area contributed by atoms with Crippen molar-refractivity contribution in [2.45, 2.75) is 0 Å². The van der Waals surface area contributed by atoms with E-state index in [-0.39, 0.29) is 4.57 Å². The van der Waals surface area contributed by atoms with Gasteiger partial charge in [-0.3, -0.25) is 0 Å². The normalized spacial score (nSPS) is 9.78. The zero-order valence-electron chi connectivity index (χ0n) is 8.26. The highest BCUT2D eigenvalue weighted by Gasteiger charge is 2.39. The van der Waals surface area contributed by atoms with Gasteiger partial charge >= 0.3 is 29.8 Å². The molecule has 18 heavy (non-hydrogen) atoms. The largest absolute Gasteiger partial charge is 0.510 e. The second-order valence-electron chi connectivity index (χ2n) is 2.75. The fourth-order valence-electron chi connectivity index (χ4n) is 1.07. The Morgan fingerprint density at radius 3 is 1.72 bits per heavy atom. The highest BCUT2D eigenvalue weighted by atomic mass is 16.4. The van der Waals surface area contributed by atoms with E-state index in [1.807, 2.05) is 0 Å². The van der Waals surface area contributed by atoms with Gasteiger partial charge in [0.25, 0.3) is 11.4 Å². The van der Waals surface area contributed by atoms with E-state index in [1.165, 1.54) is 0 Å². The van der Waals surface area contributed by atoms with Crippen molar-refractivity contribution in [3.8, 4) is 0 Å². The maximum absolute atomic E-state index is 10.8. The second-order valence-corrected chi connectivity index (χ2v) is 2.75. The molecule has 0 amide bonds. The molecule has 1 rings (SSSR count). The lowest BCUT2D eigenvalue weighted by atomic mass is 10.3. The van der Waals surface area contributed by atoms with Crippen LogP contribution in [-0.4, -0.2) is 54.6 Å². The first-order chi connectivity index (χ1) is 8.27. The van der Waals surface area contributed by atoms with Crippen LogP contribution in [0.1, 0.15) is 31.6 Å². The Bertz CT molecular complexity index is 529. The van der Waals surface area contributed by atoms with Gasteiger partial charge < -0.3 is 20.4 Å². The Morgan fingerprint density at radius 2 is 1.39 bits per heavy atom. The van der Waals surface area contributed by atoms with Crippen molar-refractivity contribution in [1.82, 2.24) is 10.2 Å². The van der Waals surface area contributed by atoms with Crippen LogP contribution in [0.5, 0.6) is 0 Å². The van der Waals surface area contributed by atoms with E-state index in [9.17, 15) is 19.2 Å². The lowest BCUT2D eigenvalue weighted by Gasteiger charge is -2.00. The van der Waals surface area contributed by atoms with Gasteiger partial charge in [-0.15, -0.1) is 4.57 Å². The first kappa shape index (κ1) is 13.0. The summed E-state index contributed by atoms with van der Waals surface area (Å²) >= 11 is 0. The molecule has 11 heteroatoms. The summed E-state index contributed by atoms with van der Waals surface area (Å²) in [5, 5.41) is 40.4. The van der Waals surface area contributed by atoms with E-state index in [1.54, 1.807) is 0 Å². The molecule has 0 spiro atoms. The summed E-state index contributed by atoms with van der Waals surface area (Å²) in [6, 6.07) is 0. The summed E-state index contributed by atoms with van der Waals surface area (Å²) < 4.78 is -0.277. The zero-order valence-corrected chi connectivity index (χ0v) is 8.26. The number of aromatic nitrogens is 3. The summed E-state index contributed by atoms with van der Waals surface area (Å²) in [5.74, 6) is -6.92. The molecule has 0 aliphatic carbocycles. The van der Waals surface area contributed by atoms with Gasteiger partial charge in [0.1, 0.15) is 0 Å². The van der Waals surface area contributed by atoms with Crippen molar-refractivity contribution in [3.05, 3.63) is 17.2 Å². The minimum atomic E-state index is -2.01. The first-order valence-corrected chi connectivity index (χ1v) is 4.03. The Morgan fingerprint density at radius 1 is 0.833 bits per heavy atom. The van der Waals surface area contributed by atoms with Crippen LogP contribution in [0.15, 0.2) is 0 Å². The smallest absolute Gasteiger partial charge is 0.476 e. The topological polar surface area (TPSA) is 179 Å². The fraction of sp³-hybridized carbons (Fsp3) is 0. The van der Waals surface area contributed by atoms with Gasteiger partial charge in [0, 0.05) is 0 Å². The number of carbonyl (C=O) groups is 4.